The topological polar surface area (TPSA) is 52.3 Å². The molecule has 106 valence electrons. The summed E-state index contributed by atoms with van der Waals surface area (Å²) in [5, 5.41) is 0. The Morgan fingerprint density at radius 1 is 1.21 bits per heavy atom. The lowest BCUT2D eigenvalue weighted by Crippen LogP contribution is -2.09. The van der Waals surface area contributed by atoms with Crippen molar-refractivity contribution in [3.05, 3.63) is 29.6 Å². The van der Waals surface area contributed by atoms with E-state index in [2.05, 4.69) is 6.92 Å². The molecule has 0 saturated carbocycles. The van der Waals surface area contributed by atoms with E-state index in [1.54, 1.807) is 0 Å². The number of unbranched alkanes of at least 4 members (excludes halogenated alkanes) is 5. The number of nitrogen functional groups attached to an aromatic ring is 1. The molecule has 4 heteroatoms. The third-order valence-corrected chi connectivity index (χ3v) is 2.94. The number of benzene rings is 1. The summed E-state index contributed by atoms with van der Waals surface area (Å²) in [7, 11) is 0. The molecule has 0 spiro atoms. The highest BCUT2D eigenvalue weighted by Crippen LogP contribution is 2.13. The standard InChI is InChI=1S/C15H22FNO2/c1-2-3-4-5-6-7-10-19-15(18)13-11-12(17)8-9-14(13)16/h8-9,11H,2-7,10,17H2,1H3. The van der Waals surface area contributed by atoms with Gasteiger partial charge in [-0.25, -0.2) is 9.18 Å². The molecule has 0 bridgehead atoms. The van der Waals surface area contributed by atoms with E-state index in [0.29, 0.717) is 12.3 Å². The van der Waals surface area contributed by atoms with Crippen molar-refractivity contribution >= 4 is 11.7 Å². The van der Waals surface area contributed by atoms with Crippen molar-refractivity contribution in [2.24, 2.45) is 0 Å². The number of esters is 1. The van der Waals surface area contributed by atoms with Crippen LogP contribution < -0.4 is 5.73 Å². The van der Waals surface area contributed by atoms with Crippen molar-refractivity contribution in [1.29, 1.82) is 0 Å². The van der Waals surface area contributed by atoms with Gasteiger partial charge in [-0.05, 0) is 24.6 Å². The number of carbonyl (C=O) groups is 1. The molecule has 0 radical (unpaired) electrons. The highest BCUT2D eigenvalue weighted by molar-refractivity contribution is 5.90. The predicted octanol–water partition coefficient (Wildman–Crippen LogP) is 3.93. The number of ether oxygens (including phenoxy) is 1. The van der Waals surface area contributed by atoms with Crippen molar-refractivity contribution < 1.29 is 13.9 Å². The van der Waals surface area contributed by atoms with E-state index in [0.717, 1.165) is 19.3 Å². The maximum absolute atomic E-state index is 13.4. The highest BCUT2D eigenvalue weighted by Gasteiger charge is 2.13. The summed E-state index contributed by atoms with van der Waals surface area (Å²) in [6.07, 6.45) is 6.68. The lowest BCUT2D eigenvalue weighted by molar-refractivity contribution is 0.0492. The number of anilines is 1. The first-order valence-electron chi connectivity index (χ1n) is 6.87. The maximum atomic E-state index is 13.4. The van der Waals surface area contributed by atoms with Crippen LogP contribution in [0.2, 0.25) is 0 Å². The van der Waals surface area contributed by atoms with E-state index < -0.39 is 11.8 Å². The van der Waals surface area contributed by atoms with Gasteiger partial charge in [0.25, 0.3) is 0 Å². The third-order valence-electron chi connectivity index (χ3n) is 2.94. The fourth-order valence-electron chi connectivity index (χ4n) is 1.82. The molecule has 0 fully saturated rings. The van der Waals surface area contributed by atoms with Gasteiger partial charge in [0.05, 0.1) is 12.2 Å². The van der Waals surface area contributed by atoms with Gasteiger partial charge in [-0.2, -0.15) is 0 Å². The van der Waals surface area contributed by atoms with Crippen LogP contribution in [-0.2, 0) is 4.74 Å². The van der Waals surface area contributed by atoms with Gasteiger partial charge in [0.2, 0.25) is 0 Å². The molecule has 0 heterocycles. The van der Waals surface area contributed by atoms with Crippen LogP contribution in [0.3, 0.4) is 0 Å². The smallest absolute Gasteiger partial charge is 0.341 e. The van der Waals surface area contributed by atoms with Gasteiger partial charge >= 0.3 is 5.97 Å². The molecule has 1 rings (SSSR count). The van der Waals surface area contributed by atoms with Gasteiger partial charge in [0.1, 0.15) is 5.82 Å². The lowest BCUT2D eigenvalue weighted by Gasteiger charge is -2.06. The number of rotatable bonds is 8. The summed E-state index contributed by atoms with van der Waals surface area (Å²) in [6.45, 7) is 2.50. The lowest BCUT2D eigenvalue weighted by atomic mass is 10.1. The molecule has 0 saturated heterocycles. The highest BCUT2D eigenvalue weighted by atomic mass is 19.1. The SMILES string of the molecule is CCCCCCCCOC(=O)c1cc(N)ccc1F. The largest absolute Gasteiger partial charge is 0.462 e. The van der Waals surface area contributed by atoms with Crippen LogP contribution in [0, 0.1) is 5.82 Å². The molecule has 3 nitrogen and oxygen atoms in total. The Morgan fingerprint density at radius 3 is 2.63 bits per heavy atom. The Balaban J connectivity index is 2.26. The zero-order valence-electron chi connectivity index (χ0n) is 11.5. The Labute approximate surface area is 113 Å². The Bertz CT molecular complexity index is 407. The molecule has 0 atom stereocenters. The number of nitrogens with two attached hydrogens (primary N) is 1. The molecular weight excluding hydrogens is 245 g/mol. The van der Waals surface area contributed by atoms with Gasteiger partial charge in [0, 0.05) is 5.69 Å². The Morgan fingerprint density at radius 2 is 1.89 bits per heavy atom. The van der Waals surface area contributed by atoms with Crippen molar-refractivity contribution in [1.82, 2.24) is 0 Å². The summed E-state index contributed by atoms with van der Waals surface area (Å²) in [6, 6.07) is 3.90. The molecule has 1 aromatic rings. The average Bonchev–Trinajstić information content (AvgIpc) is 2.40. The second-order valence-electron chi connectivity index (χ2n) is 4.64. The molecule has 2 N–H and O–H groups in total. The van der Waals surface area contributed by atoms with Crippen LogP contribution in [0.1, 0.15) is 55.8 Å². The summed E-state index contributed by atoms with van der Waals surface area (Å²) in [5.41, 5.74) is 5.78. The summed E-state index contributed by atoms with van der Waals surface area (Å²) in [5.74, 6) is -1.24. The first-order valence-corrected chi connectivity index (χ1v) is 6.87. The predicted molar refractivity (Wildman–Crippen MR) is 74.5 cm³/mol. The van der Waals surface area contributed by atoms with Crippen LogP contribution in [0.15, 0.2) is 18.2 Å². The van der Waals surface area contributed by atoms with E-state index in [1.165, 1.54) is 37.5 Å². The molecule has 0 unspecified atom stereocenters. The second kappa shape index (κ2) is 8.51. The summed E-state index contributed by atoms with van der Waals surface area (Å²) < 4.78 is 18.4. The quantitative estimate of drug-likeness (QED) is 0.441. The first-order chi connectivity index (χ1) is 9.15. The minimum atomic E-state index is -0.640. The molecule has 0 aliphatic carbocycles. The van der Waals surface area contributed by atoms with E-state index >= 15 is 0 Å². The minimum absolute atomic E-state index is 0.0917. The molecule has 0 amide bonds. The van der Waals surface area contributed by atoms with Gasteiger partial charge in [-0.15, -0.1) is 0 Å². The monoisotopic (exact) mass is 267 g/mol. The van der Waals surface area contributed by atoms with Crippen molar-refractivity contribution in [3.8, 4) is 0 Å². The Kier molecular flexibility index (Phi) is 6.93. The molecule has 1 aromatic carbocycles. The van der Waals surface area contributed by atoms with Crippen LogP contribution in [0.5, 0.6) is 0 Å². The van der Waals surface area contributed by atoms with Gasteiger partial charge in [0.15, 0.2) is 0 Å². The van der Waals surface area contributed by atoms with Crippen LogP contribution >= 0.6 is 0 Å². The van der Waals surface area contributed by atoms with Gasteiger partial charge in [-0.3, -0.25) is 0 Å². The fraction of sp³-hybridized carbons (Fsp3) is 0.533. The molecular formula is C15H22FNO2. The second-order valence-corrected chi connectivity index (χ2v) is 4.64. The average molecular weight is 267 g/mol. The first kappa shape index (κ1) is 15.5. The van der Waals surface area contributed by atoms with Crippen LogP contribution in [0.4, 0.5) is 10.1 Å². The number of carbonyl (C=O) groups excluding carboxylic acids is 1. The van der Waals surface area contributed by atoms with Crippen molar-refractivity contribution in [2.75, 3.05) is 12.3 Å². The van der Waals surface area contributed by atoms with Crippen molar-refractivity contribution in [2.45, 2.75) is 45.4 Å². The molecule has 0 aliphatic rings. The van der Waals surface area contributed by atoms with Crippen LogP contribution in [0.25, 0.3) is 0 Å². The Hall–Kier alpha value is -1.58. The maximum Gasteiger partial charge on any atom is 0.341 e. The van der Waals surface area contributed by atoms with E-state index in [9.17, 15) is 9.18 Å². The summed E-state index contributed by atoms with van der Waals surface area (Å²) in [4.78, 5) is 11.6. The van der Waals surface area contributed by atoms with E-state index in [4.69, 9.17) is 10.5 Å². The molecule has 0 aliphatic heterocycles. The van der Waals surface area contributed by atoms with E-state index in [-0.39, 0.29) is 5.56 Å². The molecule has 19 heavy (non-hydrogen) atoms. The minimum Gasteiger partial charge on any atom is -0.462 e. The van der Waals surface area contributed by atoms with Gasteiger partial charge in [-0.1, -0.05) is 39.0 Å². The summed E-state index contributed by atoms with van der Waals surface area (Å²) >= 11 is 0. The van der Waals surface area contributed by atoms with Gasteiger partial charge < -0.3 is 10.5 Å². The normalized spacial score (nSPS) is 10.4. The number of hydrogen-bond acceptors (Lipinski definition) is 3. The zero-order valence-corrected chi connectivity index (χ0v) is 11.5. The zero-order chi connectivity index (χ0) is 14.1. The number of halogens is 1. The fourth-order valence-corrected chi connectivity index (χ4v) is 1.82. The number of hydrogen-bond donors (Lipinski definition) is 1. The third kappa shape index (κ3) is 5.73. The van der Waals surface area contributed by atoms with Crippen molar-refractivity contribution in [3.63, 3.8) is 0 Å². The van der Waals surface area contributed by atoms with E-state index in [1.807, 2.05) is 0 Å². The molecule has 0 aromatic heterocycles. The van der Waals surface area contributed by atoms with Crippen LogP contribution in [-0.4, -0.2) is 12.6 Å².